The molecule has 150 valence electrons. The number of sulfonamides is 1. The second-order valence-corrected chi connectivity index (χ2v) is 8.77. The number of imide groups is 1. The number of fused-ring (bicyclic) bond motifs is 4. The van der Waals surface area contributed by atoms with Crippen molar-refractivity contribution in [2.24, 2.45) is 0 Å². The number of nitrogens with zero attached hydrogens (tertiary/aromatic N) is 1. The van der Waals surface area contributed by atoms with Crippen LogP contribution >= 0.6 is 0 Å². The molecule has 3 aromatic carbocycles. The maximum Gasteiger partial charge on any atom is 0.261 e. The molecule has 8 heteroatoms. The third-order valence-corrected chi connectivity index (χ3v) is 6.74. The first kappa shape index (κ1) is 18.4. The van der Waals surface area contributed by atoms with Crippen LogP contribution in [0.4, 0.5) is 5.69 Å². The molecule has 0 atom stereocenters. The van der Waals surface area contributed by atoms with Gasteiger partial charge < -0.3 is 4.57 Å². The van der Waals surface area contributed by atoms with Crippen LogP contribution in [0.3, 0.4) is 0 Å². The van der Waals surface area contributed by atoms with Crippen LogP contribution in [0, 0.1) is 0 Å². The number of anilines is 1. The van der Waals surface area contributed by atoms with Crippen LogP contribution in [0.15, 0.2) is 65.6 Å². The van der Waals surface area contributed by atoms with Gasteiger partial charge in [0.1, 0.15) is 0 Å². The summed E-state index contributed by atoms with van der Waals surface area (Å²) in [5.41, 5.74) is 2.76. The van der Waals surface area contributed by atoms with E-state index in [1.165, 1.54) is 18.2 Å². The van der Waals surface area contributed by atoms with Gasteiger partial charge in [-0.15, -0.1) is 0 Å². The van der Waals surface area contributed by atoms with Crippen LogP contribution in [-0.4, -0.2) is 24.8 Å². The van der Waals surface area contributed by atoms with Crippen molar-refractivity contribution in [3.05, 3.63) is 71.8 Å². The molecular weight excluding hydrogens is 402 g/mol. The van der Waals surface area contributed by atoms with Crippen molar-refractivity contribution >= 4 is 49.3 Å². The van der Waals surface area contributed by atoms with E-state index in [4.69, 9.17) is 0 Å². The third-order valence-electron chi connectivity index (χ3n) is 5.36. The number of amides is 2. The van der Waals surface area contributed by atoms with Crippen LogP contribution in [-0.2, 0) is 16.6 Å². The fourth-order valence-corrected chi connectivity index (χ4v) is 5.06. The number of aryl methyl sites for hydroxylation is 1. The lowest BCUT2D eigenvalue weighted by Crippen LogP contribution is -2.19. The highest BCUT2D eigenvalue weighted by Crippen LogP contribution is 2.32. The molecule has 2 N–H and O–H groups in total. The van der Waals surface area contributed by atoms with E-state index in [9.17, 15) is 18.0 Å². The molecule has 7 nitrogen and oxygen atoms in total. The normalized spacial score (nSPS) is 13.6. The average molecular weight is 419 g/mol. The highest BCUT2D eigenvalue weighted by Gasteiger charge is 2.28. The number of rotatable bonds is 4. The second kappa shape index (κ2) is 6.43. The molecule has 1 aliphatic heterocycles. The van der Waals surface area contributed by atoms with Gasteiger partial charge in [0.2, 0.25) is 0 Å². The SMILES string of the molecule is CCn1c2ccccc2c2cc(NS(=O)(=O)c3ccc4c(c3)C(=O)NC4=O)ccc21. The lowest BCUT2D eigenvalue weighted by Gasteiger charge is -2.10. The van der Waals surface area contributed by atoms with Gasteiger partial charge in [-0.3, -0.25) is 19.6 Å². The first-order valence-electron chi connectivity index (χ1n) is 9.42. The zero-order valence-electron chi connectivity index (χ0n) is 16.0. The Hall–Kier alpha value is -3.65. The van der Waals surface area contributed by atoms with Crippen molar-refractivity contribution in [2.75, 3.05) is 4.72 Å². The van der Waals surface area contributed by atoms with Crippen molar-refractivity contribution in [2.45, 2.75) is 18.4 Å². The zero-order valence-corrected chi connectivity index (χ0v) is 16.8. The second-order valence-electron chi connectivity index (χ2n) is 7.09. The summed E-state index contributed by atoms with van der Waals surface area (Å²) in [6, 6.07) is 17.3. The average Bonchev–Trinajstić information content (AvgIpc) is 3.21. The molecule has 0 saturated carbocycles. The zero-order chi connectivity index (χ0) is 21.0. The van der Waals surface area contributed by atoms with Crippen molar-refractivity contribution < 1.29 is 18.0 Å². The van der Waals surface area contributed by atoms with Gasteiger partial charge in [0, 0.05) is 34.0 Å². The molecule has 0 radical (unpaired) electrons. The first-order valence-corrected chi connectivity index (χ1v) is 10.9. The number of hydrogen-bond donors (Lipinski definition) is 2. The topological polar surface area (TPSA) is 97.3 Å². The Morgan fingerprint density at radius 3 is 2.40 bits per heavy atom. The summed E-state index contributed by atoms with van der Waals surface area (Å²) >= 11 is 0. The van der Waals surface area contributed by atoms with E-state index in [1.807, 2.05) is 36.4 Å². The lowest BCUT2D eigenvalue weighted by molar-refractivity contribution is 0.0879. The molecular formula is C22H17N3O4S. The Kier molecular flexibility index (Phi) is 3.94. The molecule has 0 spiro atoms. The van der Waals surface area contributed by atoms with Crippen LogP contribution in [0.5, 0.6) is 0 Å². The van der Waals surface area contributed by atoms with Gasteiger partial charge in [0.25, 0.3) is 21.8 Å². The standard InChI is InChI=1S/C22H17N3O4S/c1-2-25-19-6-4-3-5-15(19)17-11-13(7-10-20(17)25)24-30(28,29)14-8-9-16-18(12-14)22(27)23-21(16)26/h3-12,24H,2H2,1H3,(H,23,26,27). The minimum atomic E-state index is -3.94. The van der Waals surface area contributed by atoms with Crippen molar-refractivity contribution in [3.63, 3.8) is 0 Å². The predicted molar refractivity (Wildman–Crippen MR) is 114 cm³/mol. The largest absolute Gasteiger partial charge is 0.341 e. The minimum absolute atomic E-state index is 0.0596. The van der Waals surface area contributed by atoms with E-state index in [2.05, 4.69) is 21.5 Å². The number of para-hydroxylation sites is 1. The van der Waals surface area contributed by atoms with E-state index in [1.54, 1.807) is 6.07 Å². The smallest absolute Gasteiger partial charge is 0.261 e. The quantitative estimate of drug-likeness (QED) is 0.495. The molecule has 4 aromatic rings. The van der Waals surface area contributed by atoms with Gasteiger partial charge in [-0.2, -0.15) is 0 Å². The van der Waals surface area contributed by atoms with E-state index < -0.39 is 21.8 Å². The van der Waals surface area contributed by atoms with Crippen LogP contribution < -0.4 is 10.0 Å². The van der Waals surface area contributed by atoms with Crippen LogP contribution in [0.25, 0.3) is 21.8 Å². The molecule has 0 saturated heterocycles. The van der Waals surface area contributed by atoms with Crippen LogP contribution in [0.2, 0.25) is 0 Å². The summed E-state index contributed by atoms with van der Waals surface area (Å²) in [6.45, 7) is 2.86. The van der Waals surface area contributed by atoms with Crippen molar-refractivity contribution in [1.82, 2.24) is 9.88 Å². The van der Waals surface area contributed by atoms with E-state index >= 15 is 0 Å². The summed E-state index contributed by atoms with van der Waals surface area (Å²) in [5, 5.41) is 4.16. The maximum atomic E-state index is 12.9. The maximum absolute atomic E-state index is 12.9. The number of benzene rings is 3. The number of carbonyl (C=O) groups excluding carboxylic acids is 2. The third kappa shape index (κ3) is 2.68. The number of carbonyl (C=O) groups is 2. The summed E-state index contributed by atoms with van der Waals surface area (Å²) < 4.78 is 30.6. The van der Waals surface area contributed by atoms with Gasteiger partial charge in [-0.25, -0.2) is 8.42 Å². The highest BCUT2D eigenvalue weighted by molar-refractivity contribution is 7.92. The molecule has 0 bridgehead atoms. The first-order chi connectivity index (χ1) is 14.4. The lowest BCUT2D eigenvalue weighted by atomic mass is 10.1. The van der Waals surface area contributed by atoms with Gasteiger partial charge >= 0.3 is 0 Å². The molecule has 1 aromatic heterocycles. The fraction of sp³-hybridized carbons (Fsp3) is 0.0909. The molecule has 0 aliphatic carbocycles. The summed E-state index contributed by atoms with van der Waals surface area (Å²) in [7, 11) is -3.94. The fourth-order valence-electron chi connectivity index (χ4n) is 3.99. The Bertz CT molecular complexity index is 1490. The van der Waals surface area contributed by atoms with Gasteiger partial charge in [-0.1, -0.05) is 18.2 Å². The molecule has 0 unspecified atom stereocenters. The van der Waals surface area contributed by atoms with E-state index in [0.717, 1.165) is 28.4 Å². The molecule has 0 fully saturated rings. The van der Waals surface area contributed by atoms with Crippen molar-refractivity contribution in [1.29, 1.82) is 0 Å². The summed E-state index contributed by atoms with van der Waals surface area (Å²) in [5.74, 6) is -1.12. The summed E-state index contributed by atoms with van der Waals surface area (Å²) in [6.07, 6.45) is 0. The number of nitrogens with one attached hydrogen (secondary N) is 2. The minimum Gasteiger partial charge on any atom is -0.341 e. The van der Waals surface area contributed by atoms with Crippen molar-refractivity contribution in [3.8, 4) is 0 Å². The molecule has 1 aliphatic rings. The van der Waals surface area contributed by atoms with Gasteiger partial charge in [-0.05, 0) is 49.4 Å². The Balaban J connectivity index is 1.57. The number of aromatic nitrogens is 1. The molecule has 2 heterocycles. The van der Waals surface area contributed by atoms with E-state index in [0.29, 0.717) is 5.69 Å². The van der Waals surface area contributed by atoms with Gasteiger partial charge in [0.05, 0.1) is 16.0 Å². The van der Waals surface area contributed by atoms with Crippen LogP contribution in [0.1, 0.15) is 27.6 Å². The van der Waals surface area contributed by atoms with Gasteiger partial charge in [0.15, 0.2) is 0 Å². The molecule has 5 rings (SSSR count). The Morgan fingerprint density at radius 2 is 1.60 bits per heavy atom. The van der Waals surface area contributed by atoms with E-state index in [-0.39, 0.29) is 16.0 Å². The Labute approximate surface area is 172 Å². The molecule has 2 amide bonds. The molecule has 30 heavy (non-hydrogen) atoms. The Morgan fingerprint density at radius 1 is 0.867 bits per heavy atom. The summed E-state index contributed by atoms with van der Waals surface area (Å²) in [4.78, 5) is 23.5. The predicted octanol–water partition coefficient (Wildman–Crippen LogP) is 3.50. The number of hydrogen-bond acceptors (Lipinski definition) is 4. The highest BCUT2D eigenvalue weighted by atomic mass is 32.2. The monoisotopic (exact) mass is 419 g/mol.